The second-order valence-electron chi connectivity index (χ2n) is 8.22. The van der Waals surface area contributed by atoms with E-state index in [0.717, 1.165) is 44.2 Å². The van der Waals surface area contributed by atoms with Crippen molar-refractivity contribution in [2.24, 2.45) is 16.8 Å². The van der Waals surface area contributed by atoms with Crippen LogP contribution < -0.4 is 0 Å². The van der Waals surface area contributed by atoms with Crippen LogP contribution in [0.4, 0.5) is 0 Å². The molecule has 2 fully saturated rings. The average Bonchev–Trinajstić information content (AvgIpc) is 3.39. The van der Waals surface area contributed by atoms with E-state index in [1.807, 2.05) is 0 Å². The molecule has 4 aliphatic rings. The molecule has 2 bridgehead atoms. The summed E-state index contributed by atoms with van der Waals surface area (Å²) in [6.45, 7) is 5.98. The summed E-state index contributed by atoms with van der Waals surface area (Å²) in [5, 5.41) is 0.816. The standard InChI is InChI=1S/C22H27ClN2O/c1-2-21(16-5-7-19(23)8-6-16)17-3-4-18(15-17)22(21)10-9-20(24-22)25-11-13-26-14-12-25/h3-8,17-18H,2,9-15H2,1H3. The fraction of sp³-hybridized carbons (Fsp3) is 0.591. The fourth-order valence-electron chi connectivity index (χ4n) is 6.34. The van der Waals surface area contributed by atoms with Gasteiger partial charge in [0.05, 0.1) is 24.6 Å². The van der Waals surface area contributed by atoms with Crippen molar-refractivity contribution >= 4 is 17.4 Å². The van der Waals surface area contributed by atoms with E-state index < -0.39 is 0 Å². The summed E-state index contributed by atoms with van der Waals surface area (Å²) < 4.78 is 5.55. The monoisotopic (exact) mass is 370 g/mol. The number of hydrogen-bond donors (Lipinski definition) is 0. The number of amidine groups is 1. The predicted octanol–water partition coefficient (Wildman–Crippen LogP) is 4.46. The Morgan fingerprint density at radius 1 is 1.15 bits per heavy atom. The van der Waals surface area contributed by atoms with Gasteiger partial charge in [0.2, 0.25) is 0 Å². The minimum absolute atomic E-state index is 0.0165. The van der Waals surface area contributed by atoms with Crippen LogP contribution in [-0.2, 0) is 10.2 Å². The summed E-state index contributed by atoms with van der Waals surface area (Å²) in [6.07, 6.45) is 9.57. The molecule has 138 valence electrons. The Morgan fingerprint density at radius 3 is 2.62 bits per heavy atom. The Balaban J connectivity index is 1.61. The second kappa shape index (κ2) is 6.10. The highest BCUT2D eigenvalue weighted by molar-refractivity contribution is 6.30. The summed E-state index contributed by atoms with van der Waals surface area (Å²) in [5.74, 6) is 2.48. The summed E-state index contributed by atoms with van der Waals surface area (Å²) in [6, 6.07) is 8.62. The van der Waals surface area contributed by atoms with E-state index in [2.05, 4.69) is 48.2 Å². The molecule has 26 heavy (non-hydrogen) atoms. The van der Waals surface area contributed by atoms with E-state index in [9.17, 15) is 0 Å². The first-order chi connectivity index (χ1) is 12.7. The number of rotatable bonds is 2. The summed E-state index contributed by atoms with van der Waals surface area (Å²) in [7, 11) is 0. The lowest BCUT2D eigenvalue weighted by Crippen LogP contribution is -2.52. The van der Waals surface area contributed by atoms with Crippen molar-refractivity contribution in [3.05, 3.63) is 47.0 Å². The molecular formula is C22H27ClN2O. The van der Waals surface area contributed by atoms with E-state index in [-0.39, 0.29) is 11.0 Å². The van der Waals surface area contributed by atoms with E-state index in [1.54, 1.807) is 0 Å². The van der Waals surface area contributed by atoms with Crippen LogP contribution in [0.15, 0.2) is 41.4 Å². The molecule has 4 unspecified atom stereocenters. The zero-order valence-corrected chi connectivity index (χ0v) is 16.2. The number of aliphatic imine (C=N–C) groups is 1. The van der Waals surface area contributed by atoms with Crippen LogP contribution in [0.1, 0.15) is 38.2 Å². The lowest BCUT2D eigenvalue weighted by atomic mass is 9.57. The lowest BCUT2D eigenvalue weighted by molar-refractivity contribution is 0.0673. The lowest BCUT2D eigenvalue weighted by Gasteiger charge is -2.48. The molecule has 2 aliphatic heterocycles. The molecule has 2 heterocycles. The highest BCUT2D eigenvalue weighted by atomic mass is 35.5. The van der Waals surface area contributed by atoms with Crippen LogP contribution in [0.3, 0.4) is 0 Å². The predicted molar refractivity (Wildman–Crippen MR) is 106 cm³/mol. The van der Waals surface area contributed by atoms with Crippen molar-refractivity contribution in [2.75, 3.05) is 26.3 Å². The highest BCUT2D eigenvalue weighted by Crippen LogP contribution is 2.65. The van der Waals surface area contributed by atoms with E-state index in [0.29, 0.717) is 11.8 Å². The van der Waals surface area contributed by atoms with Gasteiger partial charge in [0.25, 0.3) is 0 Å². The maximum Gasteiger partial charge on any atom is 0.0999 e. The van der Waals surface area contributed by atoms with Gasteiger partial charge in [-0.2, -0.15) is 0 Å². The molecule has 4 atom stereocenters. The third-order valence-electron chi connectivity index (χ3n) is 7.45. The molecule has 1 saturated carbocycles. The third-order valence-corrected chi connectivity index (χ3v) is 7.71. The molecule has 1 aromatic rings. The van der Waals surface area contributed by atoms with Crippen LogP contribution in [0.25, 0.3) is 0 Å². The van der Waals surface area contributed by atoms with Gasteiger partial charge in [0.1, 0.15) is 0 Å². The quantitative estimate of drug-likeness (QED) is 0.718. The number of fused-ring (bicyclic) bond motifs is 3. The number of allylic oxidation sites excluding steroid dienone is 1. The smallest absolute Gasteiger partial charge is 0.0999 e. The van der Waals surface area contributed by atoms with Gasteiger partial charge in [-0.25, -0.2) is 0 Å². The number of halogens is 1. The van der Waals surface area contributed by atoms with Crippen molar-refractivity contribution in [1.29, 1.82) is 0 Å². The van der Waals surface area contributed by atoms with Crippen molar-refractivity contribution in [2.45, 2.75) is 43.6 Å². The topological polar surface area (TPSA) is 24.8 Å². The normalized spacial score (nSPS) is 38.4. The summed E-state index contributed by atoms with van der Waals surface area (Å²) in [5.41, 5.74) is 1.54. The first-order valence-corrected chi connectivity index (χ1v) is 10.4. The average molecular weight is 371 g/mol. The Morgan fingerprint density at radius 2 is 1.88 bits per heavy atom. The number of nitrogens with zero attached hydrogens (tertiary/aromatic N) is 2. The van der Waals surface area contributed by atoms with Gasteiger partial charge in [0.15, 0.2) is 0 Å². The number of hydrogen-bond acceptors (Lipinski definition) is 3. The molecule has 1 aromatic carbocycles. The molecule has 0 aromatic heterocycles. The van der Waals surface area contributed by atoms with Crippen molar-refractivity contribution < 1.29 is 4.74 Å². The first-order valence-electron chi connectivity index (χ1n) is 10.1. The molecule has 4 heteroatoms. The van der Waals surface area contributed by atoms with Gasteiger partial charge < -0.3 is 9.64 Å². The third kappa shape index (κ3) is 2.13. The van der Waals surface area contributed by atoms with Crippen LogP contribution in [0.2, 0.25) is 5.02 Å². The second-order valence-corrected chi connectivity index (χ2v) is 8.65. The molecule has 0 radical (unpaired) electrons. The zero-order valence-electron chi connectivity index (χ0n) is 15.5. The van der Waals surface area contributed by atoms with Crippen molar-refractivity contribution in [1.82, 2.24) is 4.90 Å². The van der Waals surface area contributed by atoms with Gasteiger partial charge in [0, 0.05) is 35.9 Å². The molecule has 1 spiro atoms. The SMILES string of the molecule is CCC1(c2ccc(Cl)cc2)C2C=CC(C2)C12CCC(N1CCOCC1)=N2. The molecule has 2 aliphatic carbocycles. The summed E-state index contributed by atoms with van der Waals surface area (Å²) in [4.78, 5) is 8.02. The largest absolute Gasteiger partial charge is 0.378 e. The number of ether oxygens (including phenoxy) is 1. The number of benzene rings is 1. The van der Waals surface area contributed by atoms with Crippen LogP contribution in [0, 0.1) is 11.8 Å². The highest BCUT2D eigenvalue weighted by Gasteiger charge is 2.66. The van der Waals surface area contributed by atoms with Crippen molar-refractivity contribution in [3.63, 3.8) is 0 Å². The Bertz CT molecular complexity index is 752. The van der Waals surface area contributed by atoms with E-state index in [4.69, 9.17) is 21.3 Å². The Kier molecular flexibility index (Phi) is 3.95. The minimum Gasteiger partial charge on any atom is -0.378 e. The molecule has 5 rings (SSSR count). The molecule has 1 saturated heterocycles. The van der Waals surface area contributed by atoms with Gasteiger partial charge in [-0.15, -0.1) is 0 Å². The maximum absolute atomic E-state index is 6.20. The Labute approximate surface area is 161 Å². The molecular weight excluding hydrogens is 344 g/mol. The van der Waals surface area contributed by atoms with Crippen LogP contribution >= 0.6 is 11.6 Å². The van der Waals surface area contributed by atoms with Gasteiger partial charge in [-0.1, -0.05) is 42.8 Å². The molecule has 0 N–H and O–H groups in total. The summed E-state index contributed by atoms with van der Waals surface area (Å²) >= 11 is 6.20. The first kappa shape index (κ1) is 16.8. The van der Waals surface area contributed by atoms with Gasteiger partial charge in [-0.3, -0.25) is 4.99 Å². The van der Waals surface area contributed by atoms with Crippen LogP contribution in [0.5, 0.6) is 0 Å². The van der Waals surface area contributed by atoms with Gasteiger partial charge in [-0.05, 0) is 42.9 Å². The number of morpholine rings is 1. The van der Waals surface area contributed by atoms with Crippen LogP contribution in [-0.4, -0.2) is 42.6 Å². The fourth-order valence-corrected chi connectivity index (χ4v) is 6.47. The van der Waals surface area contributed by atoms with Gasteiger partial charge >= 0.3 is 0 Å². The zero-order chi connectivity index (χ0) is 17.8. The molecule has 0 amide bonds. The van der Waals surface area contributed by atoms with E-state index >= 15 is 0 Å². The van der Waals surface area contributed by atoms with Crippen molar-refractivity contribution in [3.8, 4) is 0 Å². The maximum atomic E-state index is 6.20. The Hall–Kier alpha value is -1.32. The van der Waals surface area contributed by atoms with E-state index in [1.165, 1.54) is 24.2 Å². The minimum atomic E-state index is 0.0165. The molecule has 3 nitrogen and oxygen atoms in total.